The Balaban J connectivity index is 2.75. The van der Waals surface area contributed by atoms with E-state index in [0.29, 0.717) is 13.0 Å². The molecular formula is C14H24N2O5. The smallest absolute Gasteiger partial charge is 0.311 e. The molecule has 0 aliphatic carbocycles. The lowest BCUT2D eigenvalue weighted by atomic mass is 9.90. The third-order valence-corrected chi connectivity index (χ3v) is 3.83. The van der Waals surface area contributed by atoms with E-state index in [9.17, 15) is 19.5 Å². The second kappa shape index (κ2) is 6.89. The number of amides is 2. The molecule has 7 heteroatoms. The molecule has 1 aliphatic rings. The lowest BCUT2D eigenvalue weighted by Gasteiger charge is -2.27. The molecule has 0 saturated carbocycles. The highest BCUT2D eigenvalue weighted by molar-refractivity contribution is 5.89. The first-order valence-electron chi connectivity index (χ1n) is 7.02. The number of hydrogen-bond donors (Lipinski definition) is 2. The van der Waals surface area contributed by atoms with Crippen LogP contribution in [0.4, 0.5) is 0 Å². The summed E-state index contributed by atoms with van der Waals surface area (Å²) in [5.41, 5.74) is -0.909. The SMILES string of the molecule is COCC(=O)N[C@H](C(=O)N1CCC(C)(C(=O)O)C1)C(C)C. The fraction of sp³-hybridized carbons (Fsp3) is 0.786. The van der Waals surface area contributed by atoms with Crippen molar-refractivity contribution >= 4 is 17.8 Å². The van der Waals surface area contributed by atoms with E-state index < -0.39 is 17.4 Å². The number of ether oxygens (including phenoxy) is 1. The van der Waals surface area contributed by atoms with Crippen LogP contribution >= 0.6 is 0 Å². The van der Waals surface area contributed by atoms with Crippen LogP contribution in [0, 0.1) is 11.3 Å². The molecule has 0 aromatic heterocycles. The van der Waals surface area contributed by atoms with E-state index in [1.807, 2.05) is 13.8 Å². The number of carbonyl (C=O) groups excluding carboxylic acids is 2. The van der Waals surface area contributed by atoms with Crippen molar-refractivity contribution in [3.05, 3.63) is 0 Å². The molecule has 0 aromatic carbocycles. The minimum Gasteiger partial charge on any atom is -0.481 e. The molecule has 0 bridgehead atoms. The van der Waals surface area contributed by atoms with Crippen molar-refractivity contribution in [3.8, 4) is 0 Å². The Morgan fingerprint density at radius 2 is 2.00 bits per heavy atom. The number of carboxylic acid groups (broad SMARTS) is 1. The second-order valence-electron chi connectivity index (χ2n) is 6.10. The highest BCUT2D eigenvalue weighted by Gasteiger charge is 2.43. The van der Waals surface area contributed by atoms with Gasteiger partial charge in [-0.3, -0.25) is 14.4 Å². The quantitative estimate of drug-likeness (QED) is 0.725. The number of aliphatic carboxylic acids is 1. The van der Waals surface area contributed by atoms with E-state index in [1.165, 1.54) is 12.0 Å². The highest BCUT2D eigenvalue weighted by atomic mass is 16.5. The summed E-state index contributed by atoms with van der Waals surface area (Å²) in [6, 6.07) is -0.663. The Morgan fingerprint density at radius 3 is 2.43 bits per heavy atom. The van der Waals surface area contributed by atoms with Gasteiger partial charge in [-0.25, -0.2) is 0 Å². The molecule has 1 heterocycles. The van der Waals surface area contributed by atoms with Gasteiger partial charge in [-0.05, 0) is 19.3 Å². The number of likely N-dealkylation sites (tertiary alicyclic amines) is 1. The van der Waals surface area contributed by atoms with E-state index in [0.717, 1.165) is 0 Å². The van der Waals surface area contributed by atoms with E-state index >= 15 is 0 Å². The van der Waals surface area contributed by atoms with Crippen molar-refractivity contribution in [1.29, 1.82) is 0 Å². The first-order chi connectivity index (χ1) is 9.71. The van der Waals surface area contributed by atoms with Gasteiger partial charge in [0.05, 0.1) is 5.41 Å². The largest absolute Gasteiger partial charge is 0.481 e. The predicted molar refractivity (Wildman–Crippen MR) is 75.6 cm³/mol. The molecule has 120 valence electrons. The van der Waals surface area contributed by atoms with Crippen molar-refractivity contribution in [1.82, 2.24) is 10.2 Å². The normalized spacial score (nSPS) is 23.2. The zero-order chi connectivity index (χ0) is 16.2. The molecule has 21 heavy (non-hydrogen) atoms. The van der Waals surface area contributed by atoms with Crippen molar-refractivity contribution in [2.24, 2.45) is 11.3 Å². The van der Waals surface area contributed by atoms with E-state index in [-0.39, 0.29) is 30.9 Å². The number of carboxylic acids is 1. The van der Waals surface area contributed by atoms with Crippen LogP contribution in [0.1, 0.15) is 27.2 Å². The van der Waals surface area contributed by atoms with Gasteiger partial charge in [0.25, 0.3) is 0 Å². The Hall–Kier alpha value is -1.63. The lowest BCUT2D eigenvalue weighted by molar-refractivity contribution is -0.147. The van der Waals surface area contributed by atoms with Crippen LogP contribution in [-0.4, -0.2) is 60.6 Å². The van der Waals surface area contributed by atoms with Gasteiger partial charge in [0.1, 0.15) is 12.6 Å². The fourth-order valence-corrected chi connectivity index (χ4v) is 2.38. The number of methoxy groups -OCH3 is 1. The Labute approximate surface area is 124 Å². The lowest BCUT2D eigenvalue weighted by Crippen LogP contribution is -2.52. The number of rotatable bonds is 6. The maximum Gasteiger partial charge on any atom is 0.311 e. The maximum atomic E-state index is 12.5. The van der Waals surface area contributed by atoms with Crippen LogP contribution in [0.5, 0.6) is 0 Å². The monoisotopic (exact) mass is 300 g/mol. The molecular weight excluding hydrogens is 276 g/mol. The molecule has 7 nitrogen and oxygen atoms in total. The van der Waals surface area contributed by atoms with Gasteiger partial charge < -0.3 is 20.1 Å². The molecule has 1 saturated heterocycles. The van der Waals surface area contributed by atoms with Crippen molar-refractivity contribution in [3.63, 3.8) is 0 Å². The minimum atomic E-state index is -0.909. The molecule has 0 radical (unpaired) electrons. The summed E-state index contributed by atoms with van der Waals surface area (Å²) < 4.78 is 4.74. The minimum absolute atomic E-state index is 0.0880. The summed E-state index contributed by atoms with van der Waals surface area (Å²) in [6.07, 6.45) is 0.422. The summed E-state index contributed by atoms with van der Waals surface area (Å²) in [7, 11) is 1.41. The number of hydrogen-bond acceptors (Lipinski definition) is 4. The zero-order valence-corrected chi connectivity index (χ0v) is 13.0. The molecule has 2 N–H and O–H groups in total. The molecule has 0 aromatic rings. The van der Waals surface area contributed by atoms with Crippen molar-refractivity contribution in [2.45, 2.75) is 33.2 Å². The molecule has 1 unspecified atom stereocenters. The van der Waals surface area contributed by atoms with Gasteiger partial charge in [0.2, 0.25) is 11.8 Å². The summed E-state index contributed by atoms with van der Waals surface area (Å²) in [4.78, 5) is 36.9. The zero-order valence-electron chi connectivity index (χ0n) is 13.0. The molecule has 1 rings (SSSR count). The van der Waals surface area contributed by atoms with Crippen LogP contribution in [0.25, 0.3) is 0 Å². The molecule has 0 spiro atoms. The first-order valence-corrected chi connectivity index (χ1v) is 7.02. The average Bonchev–Trinajstić information content (AvgIpc) is 2.79. The molecule has 1 fully saturated rings. The van der Waals surface area contributed by atoms with Gasteiger partial charge in [0, 0.05) is 20.2 Å². The van der Waals surface area contributed by atoms with Crippen LogP contribution in [0.15, 0.2) is 0 Å². The Kier molecular flexibility index (Phi) is 5.71. The molecule has 2 atom stereocenters. The van der Waals surface area contributed by atoms with Crippen LogP contribution in [0.2, 0.25) is 0 Å². The standard InChI is InChI=1S/C14H24N2O5/c1-9(2)11(15-10(17)7-21-4)12(18)16-6-5-14(3,8-16)13(19)20/h9,11H,5-8H2,1-4H3,(H,15,17)(H,19,20)/t11-,14?/m0/s1. The number of carbonyl (C=O) groups is 3. The topological polar surface area (TPSA) is 95.9 Å². The van der Waals surface area contributed by atoms with Crippen molar-refractivity contribution < 1.29 is 24.2 Å². The number of nitrogens with one attached hydrogen (secondary N) is 1. The average molecular weight is 300 g/mol. The van der Waals surface area contributed by atoms with Gasteiger partial charge in [0.15, 0.2) is 0 Å². The summed E-state index contributed by atoms with van der Waals surface area (Å²) in [5, 5.41) is 11.9. The molecule has 1 aliphatic heterocycles. The maximum absolute atomic E-state index is 12.5. The first kappa shape index (κ1) is 17.4. The van der Waals surface area contributed by atoms with Crippen LogP contribution in [-0.2, 0) is 19.1 Å². The van der Waals surface area contributed by atoms with Gasteiger partial charge >= 0.3 is 5.97 Å². The highest BCUT2D eigenvalue weighted by Crippen LogP contribution is 2.30. The van der Waals surface area contributed by atoms with Gasteiger partial charge in [-0.2, -0.15) is 0 Å². The fourth-order valence-electron chi connectivity index (χ4n) is 2.38. The summed E-state index contributed by atoms with van der Waals surface area (Å²) in [6.45, 7) is 5.76. The Bertz CT molecular complexity index is 424. The summed E-state index contributed by atoms with van der Waals surface area (Å²) >= 11 is 0. The number of nitrogens with zero attached hydrogens (tertiary/aromatic N) is 1. The van der Waals surface area contributed by atoms with E-state index in [4.69, 9.17) is 4.74 Å². The third-order valence-electron chi connectivity index (χ3n) is 3.83. The Morgan fingerprint density at radius 1 is 1.38 bits per heavy atom. The van der Waals surface area contributed by atoms with E-state index in [1.54, 1.807) is 6.92 Å². The van der Waals surface area contributed by atoms with Crippen LogP contribution < -0.4 is 5.32 Å². The van der Waals surface area contributed by atoms with Gasteiger partial charge in [-0.1, -0.05) is 13.8 Å². The summed E-state index contributed by atoms with van der Waals surface area (Å²) in [5.74, 6) is -1.58. The van der Waals surface area contributed by atoms with E-state index in [2.05, 4.69) is 5.32 Å². The second-order valence-corrected chi connectivity index (χ2v) is 6.10. The predicted octanol–water partition coefficient (Wildman–Crippen LogP) is 0.0968. The van der Waals surface area contributed by atoms with Gasteiger partial charge in [-0.15, -0.1) is 0 Å². The third kappa shape index (κ3) is 4.17. The van der Waals surface area contributed by atoms with Crippen molar-refractivity contribution in [2.75, 3.05) is 26.8 Å². The van der Waals surface area contributed by atoms with Crippen LogP contribution in [0.3, 0.4) is 0 Å². The molecule has 2 amide bonds.